The van der Waals surface area contributed by atoms with Crippen molar-refractivity contribution in [2.75, 3.05) is 13.2 Å². The number of aliphatic hydroxyl groups is 1. The molecule has 2 heteroatoms. The molecular weight excluding hydrogens is 258 g/mol. The lowest BCUT2D eigenvalue weighted by Crippen LogP contribution is -2.27. The molecule has 0 spiro atoms. The molecule has 0 radical (unpaired) electrons. The fourth-order valence-electron chi connectivity index (χ4n) is 2.47. The summed E-state index contributed by atoms with van der Waals surface area (Å²) < 4.78 is 0. The number of benzene rings is 1. The third kappa shape index (κ3) is 5.53. The van der Waals surface area contributed by atoms with Gasteiger partial charge < -0.3 is 5.11 Å². The molecule has 1 saturated carbocycles. The molecule has 0 saturated heterocycles. The van der Waals surface area contributed by atoms with Crippen molar-refractivity contribution in [2.45, 2.75) is 52.1 Å². The van der Waals surface area contributed by atoms with E-state index in [-0.39, 0.29) is 6.61 Å². The van der Waals surface area contributed by atoms with Crippen LogP contribution < -0.4 is 0 Å². The van der Waals surface area contributed by atoms with E-state index in [1.165, 1.54) is 31.4 Å². The van der Waals surface area contributed by atoms with Gasteiger partial charge >= 0.3 is 0 Å². The molecule has 1 fully saturated rings. The van der Waals surface area contributed by atoms with E-state index in [0.29, 0.717) is 6.42 Å². The van der Waals surface area contributed by atoms with Gasteiger partial charge in [0, 0.05) is 24.6 Å². The first-order chi connectivity index (χ1) is 10.2. The van der Waals surface area contributed by atoms with Gasteiger partial charge in [0.2, 0.25) is 0 Å². The Labute approximate surface area is 129 Å². The summed E-state index contributed by atoms with van der Waals surface area (Å²) in [6, 6.07) is 9.20. The maximum absolute atomic E-state index is 8.85. The average Bonchev–Trinajstić information content (AvgIpc) is 3.29. The van der Waals surface area contributed by atoms with Gasteiger partial charge in [-0.15, -0.1) is 0 Å². The molecule has 1 aromatic carbocycles. The lowest BCUT2D eigenvalue weighted by atomic mass is 10.1. The van der Waals surface area contributed by atoms with Crippen molar-refractivity contribution in [3.63, 3.8) is 0 Å². The smallest absolute Gasteiger partial charge is 0.0540 e. The molecule has 0 atom stereocenters. The van der Waals surface area contributed by atoms with Crippen LogP contribution in [0.2, 0.25) is 0 Å². The van der Waals surface area contributed by atoms with E-state index in [1.54, 1.807) is 0 Å². The van der Waals surface area contributed by atoms with Crippen LogP contribution in [-0.4, -0.2) is 29.2 Å². The summed E-state index contributed by atoms with van der Waals surface area (Å²) in [6.45, 7) is 6.90. The van der Waals surface area contributed by atoms with E-state index < -0.39 is 0 Å². The second-order valence-corrected chi connectivity index (χ2v) is 6.32. The highest BCUT2D eigenvalue weighted by Crippen LogP contribution is 2.29. The Morgan fingerprint density at radius 1 is 1.29 bits per heavy atom. The lowest BCUT2D eigenvalue weighted by Gasteiger charge is -2.23. The Morgan fingerprint density at radius 3 is 2.71 bits per heavy atom. The maximum atomic E-state index is 8.85. The summed E-state index contributed by atoms with van der Waals surface area (Å²) in [6.07, 6.45) is 4.50. The Hall–Kier alpha value is -1.30. The van der Waals surface area contributed by atoms with E-state index in [2.05, 4.69) is 48.8 Å². The number of hydrogen-bond donors (Lipinski definition) is 1. The van der Waals surface area contributed by atoms with Gasteiger partial charge in [0.05, 0.1) is 6.61 Å². The van der Waals surface area contributed by atoms with Gasteiger partial charge in [-0.2, -0.15) is 0 Å². The van der Waals surface area contributed by atoms with Crippen LogP contribution in [-0.2, 0) is 6.54 Å². The molecule has 1 aliphatic rings. The quantitative estimate of drug-likeness (QED) is 0.776. The average molecular weight is 285 g/mol. The number of rotatable bonds is 7. The van der Waals surface area contributed by atoms with Crippen molar-refractivity contribution >= 4 is 0 Å². The molecule has 1 N–H and O–H groups in total. The van der Waals surface area contributed by atoms with Gasteiger partial charge in [-0.1, -0.05) is 43.9 Å². The second-order valence-electron chi connectivity index (χ2n) is 6.32. The third-order valence-electron chi connectivity index (χ3n) is 3.91. The number of aliphatic hydroxyl groups excluding tert-OH is 1. The minimum Gasteiger partial charge on any atom is -0.395 e. The number of hydrogen-bond acceptors (Lipinski definition) is 2. The van der Waals surface area contributed by atoms with Gasteiger partial charge in [0.15, 0.2) is 0 Å². The van der Waals surface area contributed by atoms with E-state index in [9.17, 15) is 0 Å². The Bertz CT molecular complexity index is 494. The lowest BCUT2D eigenvalue weighted by molar-refractivity contribution is 0.239. The SMILES string of the molecule is CC(C)CCN(Cc1ccccc1C#CCCO)C1CC1. The van der Waals surface area contributed by atoms with E-state index in [0.717, 1.165) is 24.1 Å². The van der Waals surface area contributed by atoms with Crippen LogP contribution in [0.25, 0.3) is 0 Å². The minimum atomic E-state index is 0.137. The molecule has 0 aromatic heterocycles. The molecule has 114 valence electrons. The summed E-state index contributed by atoms with van der Waals surface area (Å²) in [5.41, 5.74) is 2.43. The Morgan fingerprint density at radius 2 is 2.05 bits per heavy atom. The topological polar surface area (TPSA) is 23.5 Å². The van der Waals surface area contributed by atoms with E-state index >= 15 is 0 Å². The molecule has 1 aliphatic carbocycles. The first-order valence-electron chi connectivity index (χ1n) is 8.12. The van der Waals surface area contributed by atoms with Gasteiger partial charge in [-0.25, -0.2) is 0 Å². The zero-order chi connectivity index (χ0) is 15.1. The molecule has 0 unspecified atom stereocenters. The zero-order valence-corrected chi connectivity index (χ0v) is 13.3. The van der Waals surface area contributed by atoms with Gasteiger partial charge in [0.25, 0.3) is 0 Å². The van der Waals surface area contributed by atoms with Crippen molar-refractivity contribution in [2.24, 2.45) is 5.92 Å². The van der Waals surface area contributed by atoms with Crippen molar-refractivity contribution in [1.29, 1.82) is 0 Å². The van der Waals surface area contributed by atoms with Crippen LogP contribution >= 0.6 is 0 Å². The molecule has 0 heterocycles. The largest absolute Gasteiger partial charge is 0.395 e. The standard InChI is InChI=1S/C19H27NO/c1-16(2)12-13-20(19-10-11-19)15-18-9-4-3-7-17(18)8-5-6-14-21/h3-4,7,9,16,19,21H,6,10-15H2,1-2H3. The summed E-state index contributed by atoms with van der Waals surface area (Å²) in [5.74, 6) is 7.00. The summed E-state index contributed by atoms with van der Waals surface area (Å²) in [7, 11) is 0. The van der Waals surface area contributed by atoms with Crippen LogP contribution in [0.3, 0.4) is 0 Å². The van der Waals surface area contributed by atoms with Crippen molar-refractivity contribution in [3.8, 4) is 11.8 Å². The molecule has 2 rings (SSSR count). The highest BCUT2D eigenvalue weighted by Gasteiger charge is 2.28. The predicted molar refractivity (Wildman–Crippen MR) is 87.9 cm³/mol. The van der Waals surface area contributed by atoms with Crippen molar-refractivity contribution in [3.05, 3.63) is 35.4 Å². The molecule has 2 nitrogen and oxygen atoms in total. The molecule has 0 aliphatic heterocycles. The first kappa shape index (κ1) is 16.1. The van der Waals surface area contributed by atoms with E-state index in [1.807, 2.05) is 6.07 Å². The van der Waals surface area contributed by atoms with Gasteiger partial charge in [0.1, 0.15) is 0 Å². The van der Waals surface area contributed by atoms with Crippen LogP contribution in [0, 0.1) is 17.8 Å². The summed E-state index contributed by atoms with van der Waals surface area (Å²) in [5, 5.41) is 8.85. The fraction of sp³-hybridized carbons (Fsp3) is 0.579. The van der Waals surface area contributed by atoms with Crippen LogP contribution in [0.1, 0.15) is 50.7 Å². The fourth-order valence-corrected chi connectivity index (χ4v) is 2.47. The Balaban J connectivity index is 2.04. The second kappa shape index (κ2) is 8.22. The van der Waals surface area contributed by atoms with E-state index in [4.69, 9.17) is 5.11 Å². The molecule has 21 heavy (non-hydrogen) atoms. The normalized spacial score (nSPS) is 14.3. The molecule has 1 aromatic rings. The van der Waals surface area contributed by atoms with Crippen LogP contribution in [0.4, 0.5) is 0 Å². The Kier molecular flexibility index (Phi) is 6.29. The van der Waals surface area contributed by atoms with Gasteiger partial charge in [-0.05, 0) is 43.4 Å². The summed E-state index contributed by atoms with van der Waals surface area (Å²) in [4.78, 5) is 2.62. The maximum Gasteiger partial charge on any atom is 0.0540 e. The van der Waals surface area contributed by atoms with Gasteiger partial charge in [-0.3, -0.25) is 4.90 Å². The minimum absolute atomic E-state index is 0.137. The predicted octanol–water partition coefficient (Wildman–Crippen LogP) is 3.43. The summed E-state index contributed by atoms with van der Waals surface area (Å²) >= 11 is 0. The first-order valence-corrected chi connectivity index (χ1v) is 8.12. The van der Waals surface area contributed by atoms with Crippen molar-refractivity contribution < 1.29 is 5.11 Å². The zero-order valence-electron chi connectivity index (χ0n) is 13.3. The third-order valence-corrected chi connectivity index (χ3v) is 3.91. The van der Waals surface area contributed by atoms with Crippen LogP contribution in [0.15, 0.2) is 24.3 Å². The van der Waals surface area contributed by atoms with Crippen LogP contribution in [0.5, 0.6) is 0 Å². The molecular formula is C19H27NO. The molecule has 0 amide bonds. The number of nitrogens with zero attached hydrogens (tertiary/aromatic N) is 1. The molecule has 0 bridgehead atoms. The highest BCUT2D eigenvalue weighted by molar-refractivity contribution is 5.41. The monoisotopic (exact) mass is 285 g/mol. The van der Waals surface area contributed by atoms with Crippen molar-refractivity contribution in [1.82, 2.24) is 4.90 Å². The highest BCUT2D eigenvalue weighted by atomic mass is 16.2.